The molecule has 0 N–H and O–H groups in total. The summed E-state index contributed by atoms with van der Waals surface area (Å²) in [5.41, 5.74) is 2.98. The van der Waals surface area contributed by atoms with Crippen molar-refractivity contribution in [3.8, 4) is 17.3 Å². The average molecular weight is 185 g/mol. The molecule has 2 heterocycles. The zero-order valence-corrected chi connectivity index (χ0v) is 7.56. The van der Waals surface area contributed by atoms with Gasteiger partial charge in [-0.05, 0) is 19.1 Å². The van der Waals surface area contributed by atoms with Gasteiger partial charge in [0.1, 0.15) is 23.7 Å². The van der Waals surface area contributed by atoms with Crippen molar-refractivity contribution in [1.82, 2.24) is 10.1 Å². The summed E-state index contributed by atoms with van der Waals surface area (Å²) in [4.78, 5) is 3.95. The van der Waals surface area contributed by atoms with Gasteiger partial charge in [-0.15, -0.1) is 0 Å². The van der Waals surface area contributed by atoms with Gasteiger partial charge in [-0.25, -0.2) is 4.98 Å². The third-order valence-electron chi connectivity index (χ3n) is 1.90. The Morgan fingerprint density at radius 2 is 2.29 bits per heavy atom. The highest BCUT2D eigenvalue weighted by Crippen LogP contribution is 2.20. The van der Waals surface area contributed by atoms with Crippen LogP contribution >= 0.6 is 0 Å². The molecule has 0 atom stereocenters. The number of nitrogens with zero attached hydrogens (tertiary/aromatic N) is 3. The monoisotopic (exact) mass is 185 g/mol. The summed E-state index contributed by atoms with van der Waals surface area (Å²) in [6.45, 7) is 1.91. The van der Waals surface area contributed by atoms with Crippen molar-refractivity contribution >= 4 is 0 Å². The molecule has 0 spiro atoms. The summed E-state index contributed by atoms with van der Waals surface area (Å²) in [6.07, 6.45) is 3.19. The van der Waals surface area contributed by atoms with Gasteiger partial charge in [0, 0.05) is 17.3 Å². The van der Waals surface area contributed by atoms with Gasteiger partial charge in [-0.1, -0.05) is 5.16 Å². The lowest BCUT2D eigenvalue weighted by Crippen LogP contribution is -1.85. The van der Waals surface area contributed by atoms with Crippen LogP contribution in [-0.4, -0.2) is 10.1 Å². The number of pyridine rings is 1. The van der Waals surface area contributed by atoms with E-state index in [2.05, 4.69) is 10.1 Å². The maximum absolute atomic E-state index is 8.57. The highest BCUT2D eigenvalue weighted by molar-refractivity contribution is 5.60. The topological polar surface area (TPSA) is 62.7 Å². The molecular weight excluding hydrogens is 178 g/mol. The molecular formula is C10H7N3O. The Balaban J connectivity index is 2.45. The Hall–Kier alpha value is -2.15. The fourth-order valence-electron chi connectivity index (χ4n) is 1.17. The maximum atomic E-state index is 8.57. The summed E-state index contributed by atoms with van der Waals surface area (Å²) in [6, 6.07) is 5.42. The lowest BCUT2D eigenvalue weighted by Gasteiger charge is -1.95. The van der Waals surface area contributed by atoms with Crippen molar-refractivity contribution in [3.63, 3.8) is 0 Å². The van der Waals surface area contributed by atoms with E-state index in [1.165, 1.54) is 0 Å². The van der Waals surface area contributed by atoms with E-state index in [4.69, 9.17) is 9.78 Å². The summed E-state index contributed by atoms with van der Waals surface area (Å²) < 4.78 is 4.81. The van der Waals surface area contributed by atoms with Crippen molar-refractivity contribution in [3.05, 3.63) is 35.9 Å². The quantitative estimate of drug-likeness (QED) is 0.680. The minimum Gasteiger partial charge on any atom is -0.364 e. The van der Waals surface area contributed by atoms with Crippen LogP contribution < -0.4 is 0 Å². The third kappa shape index (κ3) is 1.36. The number of aryl methyl sites for hydroxylation is 1. The van der Waals surface area contributed by atoms with Gasteiger partial charge in [0.2, 0.25) is 0 Å². The van der Waals surface area contributed by atoms with Crippen LogP contribution in [0.1, 0.15) is 11.3 Å². The molecule has 0 radical (unpaired) electrons. The molecule has 14 heavy (non-hydrogen) atoms. The Morgan fingerprint density at radius 3 is 2.79 bits per heavy atom. The Morgan fingerprint density at radius 1 is 1.43 bits per heavy atom. The number of hydrogen-bond donors (Lipinski definition) is 0. The van der Waals surface area contributed by atoms with E-state index < -0.39 is 0 Å². The van der Waals surface area contributed by atoms with Crippen molar-refractivity contribution in [2.75, 3.05) is 0 Å². The van der Waals surface area contributed by atoms with Gasteiger partial charge in [-0.2, -0.15) is 5.26 Å². The van der Waals surface area contributed by atoms with Crippen LogP contribution in [0, 0.1) is 18.3 Å². The van der Waals surface area contributed by atoms with E-state index in [0.717, 1.165) is 16.8 Å². The molecule has 4 heteroatoms. The van der Waals surface area contributed by atoms with E-state index in [1.54, 1.807) is 24.6 Å². The van der Waals surface area contributed by atoms with E-state index in [9.17, 15) is 0 Å². The second-order valence-electron chi connectivity index (χ2n) is 2.89. The molecule has 2 aromatic heterocycles. The zero-order chi connectivity index (χ0) is 9.97. The zero-order valence-electron chi connectivity index (χ0n) is 7.56. The molecule has 68 valence electrons. The van der Waals surface area contributed by atoms with E-state index >= 15 is 0 Å². The summed E-state index contributed by atoms with van der Waals surface area (Å²) in [5, 5.41) is 12.4. The van der Waals surface area contributed by atoms with Crippen LogP contribution in [0.4, 0.5) is 0 Å². The van der Waals surface area contributed by atoms with Gasteiger partial charge >= 0.3 is 0 Å². The highest BCUT2D eigenvalue weighted by Gasteiger charge is 2.06. The van der Waals surface area contributed by atoms with Gasteiger partial charge < -0.3 is 4.52 Å². The van der Waals surface area contributed by atoms with Crippen LogP contribution in [0.2, 0.25) is 0 Å². The number of nitriles is 1. The molecule has 0 fully saturated rings. The number of rotatable bonds is 1. The van der Waals surface area contributed by atoms with E-state index in [-0.39, 0.29) is 0 Å². The molecule has 0 unspecified atom stereocenters. The van der Waals surface area contributed by atoms with Crippen LogP contribution in [0.15, 0.2) is 29.1 Å². The molecule has 0 saturated carbocycles. The standard InChI is InChI=1S/C10H7N3O/c1-7-6-14-13-10(7)8-2-3-9(4-11)12-5-8/h2-3,5-6H,1H3. The molecule has 2 aromatic rings. The third-order valence-corrected chi connectivity index (χ3v) is 1.90. The fourth-order valence-corrected chi connectivity index (χ4v) is 1.17. The van der Waals surface area contributed by atoms with Crippen LogP contribution in [0.3, 0.4) is 0 Å². The summed E-state index contributed by atoms with van der Waals surface area (Å²) in [5.74, 6) is 0. The number of hydrogen-bond acceptors (Lipinski definition) is 4. The first-order chi connectivity index (χ1) is 6.81. The molecule has 0 aliphatic carbocycles. The molecule has 0 saturated heterocycles. The largest absolute Gasteiger partial charge is 0.364 e. The second-order valence-corrected chi connectivity index (χ2v) is 2.89. The summed E-state index contributed by atoms with van der Waals surface area (Å²) in [7, 11) is 0. The maximum Gasteiger partial charge on any atom is 0.140 e. The van der Waals surface area contributed by atoms with E-state index in [1.807, 2.05) is 13.0 Å². The Labute approximate surface area is 80.8 Å². The molecule has 2 rings (SSSR count). The molecule has 0 amide bonds. The normalized spacial score (nSPS) is 9.71. The lowest BCUT2D eigenvalue weighted by atomic mass is 10.1. The van der Waals surface area contributed by atoms with Gasteiger partial charge in [-0.3, -0.25) is 0 Å². The molecule has 0 aromatic carbocycles. The molecule has 0 bridgehead atoms. The second kappa shape index (κ2) is 3.30. The first kappa shape index (κ1) is 8.45. The lowest BCUT2D eigenvalue weighted by molar-refractivity contribution is 0.421. The SMILES string of the molecule is Cc1conc1-c1ccc(C#N)nc1. The molecule has 4 nitrogen and oxygen atoms in total. The van der Waals surface area contributed by atoms with Crippen molar-refractivity contribution in [2.45, 2.75) is 6.92 Å². The smallest absolute Gasteiger partial charge is 0.140 e. The van der Waals surface area contributed by atoms with Gasteiger partial charge in [0.15, 0.2) is 0 Å². The number of aromatic nitrogens is 2. The Kier molecular flexibility index (Phi) is 1.99. The molecule has 0 aliphatic heterocycles. The molecule has 0 aliphatic rings. The van der Waals surface area contributed by atoms with Crippen LogP contribution in [0.5, 0.6) is 0 Å². The minimum absolute atomic E-state index is 0.398. The first-order valence-electron chi connectivity index (χ1n) is 4.09. The predicted octanol–water partition coefficient (Wildman–Crippen LogP) is 1.92. The van der Waals surface area contributed by atoms with Crippen molar-refractivity contribution in [1.29, 1.82) is 5.26 Å². The highest BCUT2D eigenvalue weighted by atomic mass is 16.5. The van der Waals surface area contributed by atoms with Crippen molar-refractivity contribution < 1.29 is 4.52 Å². The van der Waals surface area contributed by atoms with Crippen LogP contribution in [0.25, 0.3) is 11.3 Å². The van der Waals surface area contributed by atoms with Gasteiger partial charge in [0.25, 0.3) is 0 Å². The predicted molar refractivity (Wildman–Crippen MR) is 49.2 cm³/mol. The van der Waals surface area contributed by atoms with Gasteiger partial charge in [0.05, 0.1) is 0 Å². The van der Waals surface area contributed by atoms with E-state index in [0.29, 0.717) is 5.69 Å². The van der Waals surface area contributed by atoms with Crippen molar-refractivity contribution in [2.24, 2.45) is 0 Å². The average Bonchev–Trinajstić information content (AvgIpc) is 2.65. The fraction of sp³-hybridized carbons (Fsp3) is 0.100. The minimum atomic E-state index is 0.398. The van der Waals surface area contributed by atoms with Crippen LogP contribution in [-0.2, 0) is 0 Å². The first-order valence-corrected chi connectivity index (χ1v) is 4.09. The summed E-state index contributed by atoms with van der Waals surface area (Å²) >= 11 is 0. The Bertz CT molecular complexity index is 479.